The molecular weight excluding hydrogens is 280 g/mol. The van der Waals surface area contributed by atoms with Gasteiger partial charge in [-0.25, -0.2) is 0 Å². The van der Waals surface area contributed by atoms with Crippen LogP contribution in [0.3, 0.4) is 0 Å². The Morgan fingerprint density at radius 2 is 1.67 bits per heavy atom. The number of amides is 1. The van der Waals surface area contributed by atoms with Gasteiger partial charge in [0.1, 0.15) is 0 Å². The van der Waals surface area contributed by atoms with Crippen molar-refractivity contribution >= 4 is 29.0 Å². The maximum absolute atomic E-state index is 11.9. The monoisotopic (exact) mass is 300 g/mol. The molecule has 0 saturated heterocycles. The molecule has 0 unspecified atom stereocenters. The molecule has 1 amide bonds. The van der Waals surface area contributed by atoms with E-state index in [9.17, 15) is 4.79 Å². The number of carbonyl (C=O) groups excluding carboxylic acids is 1. The molecular formula is C17H20N2OS. The lowest BCUT2D eigenvalue weighted by Gasteiger charge is -2.06. The normalized spacial score (nSPS) is 10.3. The molecule has 3 nitrogen and oxygen atoms in total. The molecule has 0 atom stereocenters. The lowest BCUT2D eigenvalue weighted by Crippen LogP contribution is -2.14. The van der Waals surface area contributed by atoms with Crippen molar-refractivity contribution < 1.29 is 4.79 Å². The zero-order valence-corrected chi connectivity index (χ0v) is 13.0. The lowest BCUT2D eigenvalue weighted by atomic mass is 10.1. The van der Waals surface area contributed by atoms with Crippen molar-refractivity contribution in [2.24, 2.45) is 0 Å². The van der Waals surface area contributed by atoms with Gasteiger partial charge in [0, 0.05) is 17.1 Å². The Kier molecular flexibility index (Phi) is 5.69. The minimum atomic E-state index is 0.0275. The Hall–Kier alpha value is -1.94. The number of hydrogen-bond donors (Lipinski definition) is 2. The number of benzene rings is 2. The van der Waals surface area contributed by atoms with E-state index >= 15 is 0 Å². The van der Waals surface area contributed by atoms with Crippen LogP contribution in [0.25, 0.3) is 0 Å². The van der Waals surface area contributed by atoms with Crippen molar-refractivity contribution in [1.29, 1.82) is 0 Å². The highest BCUT2D eigenvalue weighted by molar-refractivity contribution is 7.99. The van der Waals surface area contributed by atoms with E-state index in [0.29, 0.717) is 5.75 Å². The molecule has 4 heteroatoms. The SMILES string of the molecule is CCc1ccc(NC(=O)CSCc2ccc(N)cc2)cc1. The third-order valence-corrected chi connectivity index (χ3v) is 4.13. The number of anilines is 2. The summed E-state index contributed by atoms with van der Waals surface area (Å²) in [7, 11) is 0. The van der Waals surface area contributed by atoms with Crippen LogP contribution in [0.2, 0.25) is 0 Å². The summed E-state index contributed by atoms with van der Waals surface area (Å²) in [6, 6.07) is 15.7. The Balaban J connectivity index is 1.75. The van der Waals surface area contributed by atoms with E-state index in [1.807, 2.05) is 48.5 Å². The topological polar surface area (TPSA) is 55.1 Å². The van der Waals surface area contributed by atoms with Crippen LogP contribution in [0.1, 0.15) is 18.1 Å². The van der Waals surface area contributed by atoms with E-state index < -0.39 is 0 Å². The van der Waals surface area contributed by atoms with Gasteiger partial charge < -0.3 is 11.1 Å². The van der Waals surface area contributed by atoms with Gasteiger partial charge in [0.15, 0.2) is 0 Å². The second kappa shape index (κ2) is 7.74. The molecule has 0 spiro atoms. The molecule has 2 aromatic carbocycles. The number of hydrogen-bond acceptors (Lipinski definition) is 3. The molecule has 0 aromatic heterocycles. The summed E-state index contributed by atoms with van der Waals surface area (Å²) in [5.74, 6) is 1.28. The molecule has 0 radical (unpaired) electrons. The van der Waals surface area contributed by atoms with Crippen molar-refractivity contribution in [2.75, 3.05) is 16.8 Å². The molecule has 3 N–H and O–H groups in total. The van der Waals surface area contributed by atoms with Crippen LogP contribution in [0.15, 0.2) is 48.5 Å². The van der Waals surface area contributed by atoms with Crippen LogP contribution in [0.4, 0.5) is 11.4 Å². The van der Waals surface area contributed by atoms with Crippen molar-refractivity contribution in [3.63, 3.8) is 0 Å². The van der Waals surface area contributed by atoms with E-state index in [2.05, 4.69) is 12.2 Å². The molecule has 0 fully saturated rings. The average molecular weight is 300 g/mol. The van der Waals surface area contributed by atoms with Gasteiger partial charge in [-0.05, 0) is 41.8 Å². The zero-order chi connectivity index (χ0) is 15.1. The van der Waals surface area contributed by atoms with Crippen LogP contribution in [-0.2, 0) is 17.0 Å². The summed E-state index contributed by atoms with van der Waals surface area (Å²) in [4.78, 5) is 11.9. The molecule has 0 aliphatic heterocycles. The maximum atomic E-state index is 11.9. The molecule has 0 bridgehead atoms. The van der Waals surface area contributed by atoms with Crippen LogP contribution < -0.4 is 11.1 Å². The fraction of sp³-hybridized carbons (Fsp3) is 0.235. The number of nitrogens with one attached hydrogen (secondary N) is 1. The zero-order valence-electron chi connectivity index (χ0n) is 12.1. The van der Waals surface area contributed by atoms with Crippen LogP contribution in [0, 0.1) is 0 Å². The van der Waals surface area contributed by atoms with Gasteiger partial charge in [-0.2, -0.15) is 0 Å². The first-order valence-electron chi connectivity index (χ1n) is 6.98. The summed E-state index contributed by atoms with van der Waals surface area (Å²) in [6.07, 6.45) is 1.01. The molecule has 0 heterocycles. The molecule has 0 aliphatic rings. The predicted octanol–water partition coefficient (Wildman–Crippen LogP) is 3.70. The van der Waals surface area contributed by atoms with Gasteiger partial charge in [0.25, 0.3) is 0 Å². The van der Waals surface area contributed by atoms with Gasteiger partial charge in [-0.3, -0.25) is 4.79 Å². The highest BCUT2D eigenvalue weighted by Crippen LogP contribution is 2.15. The van der Waals surface area contributed by atoms with Gasteiger partial charge >= 0.3 is 0 Å². The summed E-state index contributed by atoms with van der Waals surface area (Å²) in [6.45, 7) is 2.11. The lowest BCUT2D eigenvalue weighted by molar-refractivity contribution is -0.113. The molecule has 0 aliphatic carbocycles. The number of carbonyl (C=O) groups is 1. The fourth-order valence-electron chi connectivity index (χ4n) is 1.90. The Labute approximate surface area is 129 Å². The van der Waals surface area contributed by atoms with Gasteiger partial charge in [0.2, 0.25) is 5.91 Å². The van der Waals surface area contributed by atoms with E-state index in [1.165, 1.54) is 11.1 Å². The van der Waals surface area contributed by atoms with E-state index in [0.717, 1.165) is 23.5 Å². The Morgan fingerprint density at radius 3 is 2.29 bits per heavy atom. The quantitative estimate of drug-likeness (QED) is 0.800. The van der Waals surface area contributed by atoms with E-state index in [1.54, 1.807) is 11.8 Å². The second-order valence-corrected chi connectivity index (χ2v) is 5.82. The number of rotatable bonds is 6. The number of nitrogens with two attached hydrogens (primary N) is 1. The van der Waals surface area contributed by atoms with E-state index in [-0.39, 0.29) is 5.91 Å². The third-order valence-electron chi connectivity index (χ3n) is 3.13. The van der Waals surface area contributed by atoms with Crippen molar-refractivity contribution in [2.45, 2.75) is 19.1 Å². The standard InChI is InChI=1S/C17H20N2OS/c1-2-13-5-9-16(10-6-13)19-17(20)12-21-11-14-3-7-15(18)8-4-14/h3-10H,2,11-12,18H2,1H3,(H,19,20). The summed E-state index contributed by atoms with van der Waals surface area (Å²) in [5, 5.41) is 2.91. The molecule has 2 aromatic rings. The van der Waals surface area contributed by atoms with Gasteiger partial charge in [-0.1, -0.05) is 31.2 Å². The third kappa shape index (κ3) is 5.16. The Morgan fingerprint density at radius 1 is 1.05 bits per heavy atom. The second-order valence-electron chi connectivity index (χ2n) is 4.83. The smallest absolute Gasteiger partial charge is 0.234 e. The maximum Gasteiger partial charge on any atom is 0.234 e. The highest BCUT2D eigenvalue weighted by Gasteiger charge is 2.03. The van der Waals surface area contributed by atoms with Gasteiger partial charge in [0.05, 0.1) is 5.75 Å². The largest absolute Gasteiger partial charge is 0.399 e. The van der Waals surface area contributed by atoms with E-state index in [4.69, 9.17) is 5.73 Å². The Bertz CT molecular complexity index is 579. The van der Waals surface area contributed by atoms with Crippen molar-refractivity contribution in [3.8, 4) is 0 Å². The first-order chi connectivity index (χ1) is 10.2. The summed E-state index contributed by atoms with van der Waals surface area (Å²) >= 11 is 1.59. The summed E-state index contributed by atoms with van der Waals surface area (Å²) in [5.41, 5.74) is 9.70. The summed E-state index contributed by atoms with van der Waals surface area (Å²) < 4.78 is 0. The molecule has 110 valence electrons. The van der Waals surface area contributed by atoms with Crippen LogP contribution in [-0.4, -0.2) is 11.7 Å². The minimum Gasteiger partial charge on any atom is -0.399 e. The molecule has 0 saturated carbocycles. The van der Waals surface area contributed by atoms with Crippen molar-refractivity contribution in [1.82, 2.24) is 0 Å². The van der Waals surface area contributed by atoms with Crippen molar-refractivity contribution in [3.05, 3.63) is 59.7 Å². The average Bonchev–Trinajstić information content (AvgIpc) is 2.50. The first kappa shape index (κ1) is 15.4. The number of aryl methyl sites for hydroxylation is 1. The fourth-order valence-corrected chi connectivity index (χ4v) is 2.68. The highest BCUT2D eigenvalue weighted by atomic mass is 32.2. The minimum absolute atomic E-state index is 0.0275. The molecule has 2 rings (SSSR count). The van der Waals surface area contributed by atoms with Crippen LogP contribution in [0.5, 0.6) is 0 Å². The molecule has 21 heavy (non-hydrogen) atoms. The number of nitrogen functional groups attached to an aromatic ring is 1. The number of thioether (sulfide) groups is 1. The van der Waals surface area contributed by atoms with Gasteiger partial charge in [-0.15, -0.1) is 11.8 Å². The predicted molar refractivity (Wildman–Crippen MR) is 91.5 cm³/mol. The van der Waals surface area contributed by atoms with Crippen LogP contribution >= 0.6 is 11.8 Å². The first-order valence-corrected chi connectivity index (χ1v) is 8.14.